The molecule has 0 saturated carbocycles. The molecule has 180 valence electrons. The summed E-state index contributed by atoms with van der Waals surface area (Å²) >= 11 is 0. The number of carbonyl (C=O) groups excluding carboxylic acids is 1. The monoisotopic (exact) mass is 429 g/mol. The van der Waals surface area contributed by atoms with Gasteiger partial charge < -0.3 is 15.5 Å². The van der Waals surface area contributed by atoms with E-state index in [0.717, 1.165) is 38.5 Å². The lowest BCUT2D eigenvalue weighted by Gasteiger charge is -2.22. The average Bonchev–Trinajstić information content (AvgIpc) is 2.77. The maximum absolute atomic E-state index is 12.1. The molecule has 4 heteroatoms. The van der Waals surface area contributed by atoms with Gasteiger partial charge in [0.25, 0.3) is 0 Å². The van der Waals surface area contributed by atoms with Gasteiger partial charge in [-0.25, -0.2) is 0 Å². The largest absolute Gasteiger partial charge is 0.394 e. The van der Waals surface area contributed by atoms with Crippen LogP contribution in [0, 0.1) is 0 Å². The van der Waals surface area contributed by atoms with E-state index in [4.69, 9.17) is 2.74 Å². The first-order valence-corrected chi connectivity index (χ1v) is 13.0. The van der Waals surface area contributed by atoms with E-state index >= 15 is 0 Å². The van der Waals surface area contributed by atoms with Gasteiger partial charge in [0.05, 0.1) is 18.8 Å². The van der Waals surface area contributed by atoms with Crippen LogP contribution in [0.1, 0.15) is 145 Å². The van der Waals surface area contributed by atoms with Gasteiger partial charge in [-0.3, -0.25) is 4.79 Å². The molecule has 0 aromatic carbocycles. The Bertz CT molecular complexity index is 435. The van der Waals surface area contributed by atoms with Gasteiger partial charge in [0, 0.05) is 9.16 Å². The van der Waals surface area contributed by atoms with Crippen molar-refractivity contribution in [3.63, 3.8) is 0 Å². The molecule has 0 saturated heterocycles. The molecule has 30 heavy (non-hydrogen) atoms. The molecule has 0 bridgehead atoms. The molecule has 0 radical (unpaired) electrons. The molecule has 0 spiro atoms. The fourth-order valence-corrected chi connectivity index (χ4v) is 3.75. The standard InChI is InChI=1S/C26H53NO3/c1-3-5-7-9-10-11-12-13-14-15-16-18-19-21-25(29)24(23-28)27-26(30)22-20-17-8-6-4-2/h24-25,28-29H,3-23H2,1-2H3,(H,27,30)/t24-,25+/m0/s1/i21D2. The highest BCUT2D eigenvalue weighted by Gasteiger charge is 2.19. The highest BCUT2D eigenvalue weighted by atomic mass is 16.3. The van der Waals surface area contributed by atoms with E-state index in [9.17, 15) is 15.0 Å². The van der Waals surface area contributed by atoms with Gasteiger partial charge in [0.2, 0.25) is 5.91 Å². The number of aliphatic hydroxyl groups is 2. The highest BCUT2D eigenvalue weighted by molar-refractivity contribution is 5.76. The molecule has 0 aliphatic carbocycles. The Balaban J connectivity index is 3.95. The molecule has 0 rings (SSSR count). The molecule has 0 aliphatic heterocycles. The minimum atomic E-state index is -1.82. The summed E-state index contributed by atoms with van der Waals surface area (Å²) in [6, 6.07) is -0.953. The van der Waals surface area contributed by atoms with E-state index in [1.165, 1.54) is 64.2 Å². The third-order valence-electron chi connectivity index (χ3n) is 5.82. The number of aliphatic hydroxyl groups excluding tert-OH is 2. The second kappa shape index (κ2) is 23.1. The molecular formula is C26H53NO3. The van der Waals surface area contributed by atoms with E-state index in [0.29, 0.717) is 12.8 Å². The van der Waals surface area contributed by atoms with E-state index in [2.05, 4.69) is 19.2 Å². The third kappa shape index (κ3) is 19.4. The maximum Gasteiger partial charge on any atom is 0.220 e. The minimum Gasteiger partial charge on any atom is -0.394 e. The van der Waals surface area contributed by atoms with Crippen molar-refractivity contribution in [2.24, 2.45) is 0 Å². The summed E-state index contributed by atoms with van der Waals surface area (Å²) in [5.41, 5.74) is 0. The van der Waals surface area contributed by atoms with Gasteiger partial charge in [-0.1, -0.05) is 123 Å². The van der Waals surface area contributed by atoms with Crippen molar-refractivity contribution >= 4 is 5.91 Å². The summed E-state index contributed by atoms with van der Waals surface area (Å²) < 4.78 is 16.4. The van der Waals surface area contributed by atoms with Gasteiger partial charge in [-0.2, -0.15) is 0 Å². The number of amides is 1. The molecule has 4 nitrogen and oxygen atoms in total. The molecule has 0 aromatic heterocycles. The van der Waals surface area contributed by atoms with Crippen LogP contribution in [-0.2, 0) is 4.79 Å². The summed E-state index contributed by atoms with van der Waals surface area (Å²) in [7, 11) is 0. The zero-order chi connectivity index (χ0) is 24.1. The maximum atomic E-state index is 12.1. The Morgan fingerprint density at radius 2 is 1.13 bits per heavy atom. The molecule has 0 unspecified atom stereocenters. The van der Waals surface area contributed by atoms with Crippen LogP contribution in [0.15, 0.2) is 0 Å². The molecule has 0 aliphatic rings. The Morgan fingerprint density at radius 3 is 1.57 bits per heavy atom. The highest BCUT2D eigenvalue weighted by Crippen LogP contribution is 2.14. The van der Waals surface area contributed by atoms with Crippen LogP contribution in [0.3, 0.4) is 0 Å². The van der Waals surface area contributed by atoms with Crippen LogP contribution in [0.2, 0.25) is 0 Å². The molecule has 2 atom stereocenters. The minimum absolute atomic E-state index is 0.222. The summed E-state index contributed by atoms with van der Waals surface area (Å²) in [5, 5.41) is 22.7. The first-order chi connectivity index (χ1) is 15.4. The first-order valence-electron chi connectivity index (χ1n) is 14.0. The summed E-state index contributed by atoms with van der Waals surface area (Å²) in [6.07, 6.45) is 17.1. The molecule has 3 N–H and O–H groups in total. The summed E-state index contributed by atoms with van der Waals surface area (Å²) in [6.45, 7) is 3.93. The van der Waals surface area contributed by atoms with Crippen molar-refractivity contribution in [3.05, 3.63) is 0 Å². The fourth-order valence-electron chi connectivity index (χ4n) is 3.75. The molecule has 0 aromatic rings. The second-order valence-electron chi connectivity index (χ2n) is 8.81. The van der Waals surface area contributed by atoms with Crippen LogP contribution >= 0.6 is 0 Å². The SMILES string of the molecule is [2H]C([2H])(CCCCCCCCCCCCCC)[C@@H](O)[C@H](CO)NC(=O)CCCCCCC. The van der Waals surface area contributed by atoms with Crippen LogP contribution in [0.5, 0.6) is 0 Å². The van der Waals surface area contributed by atoms with E-state index in [1.54, 1.807) is 0 Å². The van der Waals surface area contributed by atoms with E-state index in [1.807, 2.05) is 0 Å². The average molecular weight is 430 g/mol. The molecule has 0 fully saturated rings. The summed E-state index contributed by atoms with van der Waals surface area (Å²) in [4.78, 5) is 12.1. The second-order valence-corrected chi connectivity index (χ2v) is 8.81. The predicted octanol–water partition coefficient (Wildman–Crippen LogP) is 6.67. The molecule has 0 heterocycles. The Morgan fingerprint density at radius 1 is 0.733 bits per heavy atom. The first kappa shape index (κ1) is 25.6. The van der Waals surface area contributed by atoms with Crippen LogP contribution in [-0.4, -0.2) is 34.9 Å². The number of rotatable bonds is 23. The zero-order valence-corrected chi connectivity index (χ0v) is 20.1. The van der Waals surface area contributed by atoms with E-state index < -0.39 is 25.1 Å². The quantitative estimate of drug-likeness (QED) is 0.159. The van der Waals surface area contributed by atoms with Gasteiger partial charge in [-0.15, -0.1) is 0 Å². The van der Waals surface area contributed by atoms with E-state index in [-0.39, 0.29) is 12.3 Å². The Hall–Kier alpha value is -0.610. The van der Waals surface area contributed by atoms with Crippen molar-refractivity contribution in [3.8, 4) is 0 Å². The fraction of sp³-hybridized carbons (Fsp3) is 0.962. The van der Waals surface area contributed by atoms with Gasteiger partial charge in [0.1, 0.15) is 0 Å². The number of nitrogens with one attached hydrogen (secondary N) is 1. The van der Waals surface area contributed by atoms with Crippen molar-refractivity contribution in [1.29, 1.82) is 0 Å². The lowest BCUT2D eigenvalue weighted by Crippen LogP contribution is -2.45. The number of hydrogen-bond donors (Lipinski definition) is 3. The number of carbonyl (C=O) groups is 1. The van der Waals surface area contributed by atoms with Crippen molar-refractivity contribution in [2.75, 3.05) is 6.61 Å². The van der Waals surface area contributed by atoms with Crippen LogP contribution in [0.25, 0.3) is 0 Å². The lowest BCUT2D eigenvalue weighted by atomic mass is 10.0. The Labute approximate surface area is 190 Å². The lowest BCUT2D eigenvalue weighted by molar-refractivity contribution is -0.123. The summed E-state index contributed by atoms with van der Waals surface area (Å²) in [5.74, 6) is -0.222. The molecule has 1 amide bonds. The Kier molecular flexibility index (Phi) is 19.7. The smallest absolute Gasteiger partial charge is 0.220 e. The predicted molar refractivity (Wildman–Crippen MR) is 129 cm³/mol. The zero-order valence-electron chi connectivity index (χ0n) is 22.1. The van der Waals surface area contributed by atoms with Crippen molar-refractivity contribution in [1.82, 2.24) is 5.32 Å². The number of hydrogen-bond acceptors (Lipinski definition) is 3. The molecular weight excluding hydrogens is 374 g/mol. The van der Waals surface area contributed by atoms with Crippen LogP contribution < -0.4 is 5.32 Å². The van der Waals surface area contributed by atoms with Crippen molar-refractivity contribution < 1.29 is 17.7 Å². The van der Waals surface area contributed by atoms with Gasteiger partial charge in [0.15, 0.2) is 0 Å². The van der Waals surface area contributed by atoms with Crippen molar-refractivity contribution in [2.45, 2.75) is 154 Å². The van der Waals surface area contributed by atoms with Crippen LogP contribution in [0.4, 0.5) is 0 Å². The third-order valence-corrected chi connectivity index (χ3v) is 5.82. The van der Waals surface area contributed by atoms with Gasteiger partial charge >= 0.3 is 0 Å². The van der Waals surface area contributed by atoms with Gasteiger partial charge in [-0.05, 0) is 12.8 Å². The topological polar surface area (TPSA) is 69.6 Å². The number of unbranched alkanes of at least 4 members (excludes halogenated alkanes) is 15. The normalized spacial score (nSPS) is 14.8.